The molecular formula is C21H24N2O5. The van der Waals surface area contributed by atoms with Crippen molar-refractivity contribution in [2.45, 2.75) is 33.1 Å². The summed E-state index contributed by atoms with van der Waals surface area (Å²) in [4.78, 5) is 27.6. The van der Waals surface area contributed by atoms with Gasteiger partial charge in [0, 0.05) is 24.6 Å². The second-order valence-corrected chi connectivity index (χ2v) is 7.20. The molecule has 7 heteroatoms. The molecule has 0 radical (unpaired) electrons. The van der Waals surface area contributed by atoms with E-state index in [9.17, 15) is 9.59 Å². The van der Waals surface area contributed by atoms with Crippen molar-refractivity contribution in [3.05, 3.63) is 40.8 Å². The van der Waals surface area contributed by atoms with Crippen LogP contribution in [-0.4, -0.2) is 48.1 Å². The number of piperidine rings is 1. The van der Waals surface area contributed by atoms with E-state index in [0.29, 0.717) is 79.6 Å². The van der Waals surface area contributed by atoms with Gasteiger partial charge in [0.05, 0.1) is 5.69 Å². The van der Waals surface area contributed by atoms with Gasteiger partial charge in [0.1, 0.15) is 24.5 Å². The van der Waals surface area contributed by atoms with Crippen LogP contribution in [0.5, 0.6) is 11.5 Å². The molecule has 1 aromatic heterocycles. The number of ketones is 1. The van der Waals surface area contributed by atoms with Gasteiger partial charge in [0.2, 0.25) is 0 Å². The Balaban J connectivity index is 1.42. The van der Waals surface area contributed by atoms with Crippen molar-refractivity contribution in [3.63, 3.8) is 0 Å². The number of fused-ring (bicyclic) bond motifs is 1. The average molecular weight is 384 g/mol. The van der Waals surface area contributed by atoms with E-state index in [1.165, 1.54) is 0 Å². The molecule has 0 atom stereocenters. The third-order valence-corrected chi connectivity index (χ3v) is 5.46. The fourth-order valence-electron chi connectivity index (χ4n) is 3.87. The molecule has 7 nitrogen and oxygen atoms in total. The molecule has 2 aliphatic rings. The van der Waals surface area contributed by atoms with E-state index < -0.39 is 0 Å². The molecule has 0 spiro atoms. The second-order valence-electron chi connectivity index (χ2n) is 7.20. The van der Waals surface area contributed by atoms with Gasteiger partial charge < -0.3 is 18.9 Å². The third kappa shape index (κ3) is 3.37. The Kier molecular flexibility index (Phi) is 5.07. The lowest BCUT2D eigenvalue weighted by Crippen LogP contribution is -2.40. The van der Waals surface area contributed by atoms with Crippen molar-refractivity contribution < 1.29 is 23.6 Å². The van der Waals surface area contributed by atoms with Gasteiger partial charge in [-0.05, 0) is 44.4 Å². The fourth-order valence-corrected chi connectivity index (χ4v) is 3.87. The van der Waals surface area contributed by atoms with Crippen LogP contribution < -0.4 is 9.47 Å². The molecule has 0 aliphatic carbocycles. The number of ether oxygens (including phenoxy) is 2. The molecular weight excluding hydrogens is 360 g/mol. The molecule has 0 N–H and O–H groups in total. The van der Waals surface area contributed by atoms with E-state index >= 15 is 0 Å². The first-order valence-corrected chi connectivity index (χ1v) is 9.76. The summed E-state index contributed by atoms with van der Waals surface area (Å²) in [6.45, 7) is 5.83. The van der Waals surface area contributed by atoms with Crippen LogP contribution >= 0.6 is 0 Å². The van der Waals surface area contributed by atoms with Gasteiger partial charge in [-0.3, -0.25) is 9.59 Å². The number of rotatable bonds is 4. The second kappa shape index (κ2) is 7.66. The molecule has 2 aliphatic heterocycles. The maximum absolute atomic E-state index is 12.9. The lowest BCUT2D eigenvalue weighted by molar-refractivity contribution is 0.0648. The number of carbonyl (C=O) groups excluding carboxylic acids is 2. The average Bonchev–Trinajstić information content (AvgIpc) is 3.13. The lowest BCUT2D eigenvalue weighted by Gasteiger charge is -2.31. The highest BCUT2D eigenvalue weighted by atomic mass is 16.6. The number of hydrogen-bond donors (Lipinski definition) is 0. The minimum Gasteiger partial charge on any atom is -0.486 e. The van der Waals surface area contributed by atoms with Crippen molar-refractivity contribution in [2.24, 2.45) is 5.92 Å². The minimum atomic E-state index is -0.0965. The highest BCUT2D eigenvalue weighted by Gasteiger charge is 2.31. The summed E-state index contributed by atoms with van der Waals surface area (Å²) < 4.78 is 16.3. The first-order valence-electron chi connectivity index (χ1n) is 9.76. The number of benzene rings is 1. The molecule has 1 saturated heterocycles. The maximum atomic E-state index is 12.9. The summed E-state index contributed by atoms with van der Waals surface area (Å²) in [5, 5.41) is 3.97. The molecule has 4 rings (SSSR count). The molecule has 0 bridgehead atoms. The Morgan fingerprint density at radius 2 is 1.86 bits per heavy atom. The Bertz CT molecular complexity index is 896. The van der Waals surface area contributed by atoms with Crippen molar-refractivity contribution in [1.82, 2.24) is 10.1 Å². The van der Waals surface area contributed by atoms with Crippen LogP contribution in [-0.2, 0) is 6.42 Å². The number of nitrogens with zero attached hydrogens (tertiary/aromatic N) is 2. The Hall–Kier alpha value is -2.83. The normalized spacial score (nSPS) is 16.9. The summed E-state index contributed by atoms with van der Waals surface area (Å²) in [5.74, 6) is 1.80. The van der Waals surface area contributed by atoms with Crippen LogP contribution in [0.1, 0.15) is 51.9 Å². The van der Waals surface area contributed by atoms with E-state index in [-0.39, 0.29) is 17.6 Å². The molecule has 148 valence electrons. The van der Waals surface area contributed by atoms with Crippen LogP contribution in [0.15, 0.2) is 22.7 Å². The van der Waals surface area contributed by atoms with Gasteiger partial charge in [-0.15, -0.1) is 0 Å². The summed E-state index contributed by atoms with van der Waals surface area (Å²) in [7, 11) is 0. The first kappa shape index (κ1) is 18.5. The topological polar surface area (TPSA) is 81.9 Å². The van der Waals surface area contributed by atoms with Gasteiger partial charge in [-0.1, -0.05) is 12.1 Å². The summed E-state index contributed by atoms with van der Waals surface area (Å²) in [6.07, 6.45) is 1.94. The largest absolute Gasteiger partial charge is 0.486 e. The standard InChI is InChI=1S/C21H24N2O5/c1-3-16-19(13(2)28-22-16)21(25)23-8-6-14(7-9-23)20(24)15-4-5-17-18(12-15)27-11-10-26-17/h4-5,12,14H,3,6-11H2,1-2H3. The highest BCUT2D eigenvalue weighted by Crippen LogP contribution is 2.33. The van der Waals surface area contributed by atoms with Crippen LogP contribution in [0, 0.1) is 12.8 Å². The van der Waals surface area contributed by atoms with Crippen molar-refractivity contribution in [3.8, 4) is 11.5 Å². The number of likely N-dealkylation sites (tertiary alicyclic amines) is 1. The zero-order chi connectivity index (χ0) is 19.7. The van der Waals surface area contributed by atoms with Crippen molar-refractivity contribution >= 4 is 11.7 Å². The van der Waals surface area contributed by atoms with Crippen LogP contribution in [0.4, 0.5) is 0 Å². The first-order chi connectivity index (χ1) is 13.6. The molecule has 2 aromatic rings. The quantitative estimate of drug-likeness (QED) is 0.754. The molecule has 0 saturated carbocycles. The van der Waals surface area contributed by atoms with E-state index in [1.54, 1.807) is 30.0 Å². The molecule has 1 fully saturated rings. The Morgan fingerprint density at radius 3 is 2.57 bits per heavy atom. The molecule has 1 aromatic carbocycles. The minimum absolute atomic E-state index is 0.0548. The maximum Gasteiger partial charge on any atom is 0.259 e. The third-order valence-electron chi connectivity index (χ3n) is 5.46. The predicted molar refractivity (Wildman–Crippen MR) is 101 cm³/mol. The van der Waals surface area contributed by atoms with Crippen LogP contribution in [0.25, 0.3) is 0 Å². The summed E-state index contributed by atoms with van der Waals surface area (Å²) in [6, 6.07) is 5.35. The van der Waals surface area contributed by atoms with E-state index in [0.717, 1.165) is 0 Å². The number of aryl methyl sites for hydroxylation is 2. The molecule has 1 amide bonds. The van der Waals surface area contributed by atoms with E-state index in [1.807, 2.05) is 6.92 Å². The smallest absolute Gasteiger partial charge is 0.259 e. The Labute approximate surface area is 163 Å². The van der Waals surface area contributed by atoms with E-state index in [4.69, 9.17) is 14.0 Å². The van der Waals surface area contributed by atoms with Crippen molar-refractivity contribution in [1.29, 1.82) is 0 Å². The van der Waals surface area contributed by atoms with Gasteiger partial charge in [-0.2, -0.15) is 0 Å². The number of carbonyl (C=O) groups is 2. The molecule has 3 heterocycles. The van der Waals surface area contributed by atoms with Gasteiger partial charge in [-0.25, -0.2) is 0 Å². The summed E-state index contributed by atoms with van der Waals surface area (Å²) >= 11 is 0. The summed E-state index contributed by atoms with van der Waals surface area (Å²) in [5.41, 5.74) is 1.90. The van der Waals surface area contributed by atoms with E-state index in [2.05, 4.69) is 5.16 Å². The van der Waals surface area contributed by atoms with Gasteiger partial charge in [0.25, 0.3) is 5.91 Å². The number of Topliss-reactive ketones (excluding diaryl/α,β-unsaturated/α-hetero) is 1. The SMILES string of the molecule is CCc1noc(C)c1C(=O)N1CCC(C(=O)c2ccc3c(c2)OCCO3)CC1. The zero-order valence-electron chi connectivity index (χ0n) is 16.2. The zero-order valence-corrected chi connectivity index (χ0v) is 16.2. The van der Waals surface area contributed by atoms with Crippen molar-refractivity contribution in [2.75, 3.05) is 26.3 Å². The van der Waals surface area contributed by atoms with Gasteiger partial charge >= 0.3 is 0 Å². The number of hydrogen-bond acceptors (Lipinski definition) is 6. The lowest BCUT2D eigenvalue weighted by atomic mass is 9.88. The monoisotopic (exact) mass is 384 g/mol. The molecule has 0 unspecified atom stereocenters. The fraction of sp³-hybridized carbons (Fsp3) is 0.476. The number of aromatic nitrogens is 1. The van der Waals surface area contributed by atoms with Gasteiger partial charge in [0.15, 0.2) is 17.3 Å². The highest BCUT2D eigenvalue weighted by molar-refractivity contribution is 5.99. The number of amides is 1. The Morgan fingerprint density at radius 1 is 1.14 bits per heavy atom. The predicted octanol–water partition coefficient (Wildman–Crippen LogP) is 3.05. The molecule has 28 heavy (non-hydrogen) atoms. The van der Waals surface area contributed by atoms with Crippen LogP contribution in [0.2, 0.25) is 0 Å². The van der Waals surface area contributed by atoms with Crippen LogP contribution in [0.3, 0.4) is 0 Å².